The number of carbonyl (C=O) groups is 1. The number of nitrogens with zero attached hydrogens (tertiary/aromatic N) is 4. The molecule has 29 heavy (non-hydrogen) atoms. The van der Waals surface area contributed by atoms with E-state index in [1.54, 1.807) is 13.0 Å². The van der Waals surface area contributed by atoms with E-state index in [0.29, 0.717) is 28.0 Å². The molecule has 3 heterocycles. The number of aryl methyl sites for hydroxylation is 1. The van der Waals surface area contributed by atoms with Crippen molar-refractivity contribution < 1.29 is 13.9 Å². The first-order valence-electron chi connectivity index (χ1n) is 9.24. The standard InChI is InChI=1S/C21H18FN5O2/c1-3-12-5-7-13(8-6-12)18-17-15(21(28)29-4-2)9-16(25-20(17)27-26-18)19-23-10-14(22)11-24-19/h5-11H,3-4H2,1-2H3,(H,25,26,27). The SMILES string of the molecule is CCOC(=O)c1cc(-c2ncc(F)cn2)nc2n[nH]c(-c3ccc(CC)cc3)c12. The molecule has 0 bridgehead atoms. The van der Waals surface area contributed by atoms with Crippen LogP contribution in [0.2, 0.25) is 0 Å². The van der Waals surface area contributed by atoms with Crippen molar-refractivity contribution in [1.82, 2.24) is 25.1 Å². The molecule has 0 aliphatic rings. The summed E-state index contributed by atoms with van der Waals surface area (Å²) in [5, 5.41) is 7.80. The summed E-state index contributed by atoms with van der Waals surface area (Å²) in [7, 11) is 0. The van der Waals surface area contributed by atoms with Crippen LogP contribution in [-0.4, -0.2) is 37.7 Å². The minimum atomic E-state index is -0.557. The molecule has 1 aromatic carbocycles. The van der Waals surface area contributed by atoms with Gasteiger partial charge in [-0.3, -0.25) is 5.10 Å². The summed E-state index contributed by atoms with van der Waals surface area (Å²) >= 11 is 0. The van der Waals surface area contributed by atoms with Crippen LogP contribution in [-0.2, 0) is 11.2 Å². The Kier molecular flexibility index (Phi) is 4.99. The maximum absolute atomic E-state index is 13.2. The van der Waals surface area contributed by atoms with Gasteiger partial charge in [0, 0.05) is 5.56 Å². The molecule has 4 aromatic rings. The summed E-state index contributed by atoms with van der Waals surface area (Å²) in [5.41, 5.74) is 3.68. The molecular formula is C21H18FN5O2. The van der Waals surface area contributed by atoms with E-state index in [4.69, 9.17) is 4.74 Å². The largest absolute Gasteiger partial charge is 0.462 e. The summed E-state index contributed by atoms with van der Waals surface area (Å²) in [4.78, 5) is 25.0. The number of nitrogens with one attached hydrogen (secondary N) is 1. The molecule has 0 saturated heterocycles. The van der Waals surface area contributed by atoms with Crippen LogP contribution in [0.15, 0.2) is 42.7 Å². The first-order chi connectivity index (χ1) is 14.1. The third-order valence-corrected chi connectivity index (χ3v) is 4.52. The summed E-state index contributed by atoms with van der Waals surface area (Å²) in [6.07, 6.45) is 3.02. The van der Waals surface area contributed by atoms with E-state index >= 15 is 0 Å². The van der Waals surface area contributed by atoms with Crippen LogP contribution in [0.4, 0.5) is 4.39 Å². The highest BCUT2D eigenvalue weighted by Crippen LogP contribution is 2.31. The zero-order valence-electron chi connectivity index (χ0n) is 15.9. The lowest BCUT2D eigenvalue weighted by Gasteiger charge is -2.08. The van der Waals surface area contributed by atoms with Gasteiger partial charge >= 0.3 is 5.97 Å². The van der Waals surface area contributed by atoms with E-state index in [0.717, 1.165) is 24.4 Å². The minimum Gasteiger partial charge on any atom is -0.462 e. The van der Waals surface area contributed by atoms with Gasteiger partial charge in [0.15, 0.2) is 17.3 Å². The van der Waals surface area contributed by atoms with Crippen molar-refractivity contribution in [2.24, 2.45) is 0 Å². The van der Waals surface area contributed by atoms with Crippen LogP contribution in [0, 0.1) is 5.82 Å². The maximum atomic E-state index is 13.2. The third kappa shape index (κ3) is 3.56. The van der Waals surface area contributed by atoms with E-state index in [-0.39, 0.29) is 12.4 Å². The predicted molar refractivity (Wildman–Crippen MR) is 106 cm³/mol. The molecule has 0 unspecified atom stereocenters. The van der Waals surface area contributed by atoms with Crippen molar-refractivity contribution in [3.8, 4) is 22.8 Å². The van der Waals surface area contributed by atoms with Crippen LogP contribution in [0.25, 0.3) is 33.8 Å². The molecule has 1 N–H and O–H groups in total. The van der Waals surface area contributed by atoms with Gasteiger partial charge in [-0.05, 0) is 25.0 Å². The predicted octanol–water partition coefficient (Wildman–Crippen LogP) is 3.96. The maximum Gasteiger partial charge on any atom is 0.339 e. The average molecular weight is 391 g/mol. The van der Waals surface area contributed by atoms with Crippen molar-refractivity contribution in [1.29, 1.82) is 0 Å². The Morgan fingerprint density at radius 3 is 2.52 bits per heavy atom. The van der Waals surface area contributed by atoms with Crippen molar-refractivity contribution in [2.75, 3.05) is 6.61 Å². The molecule has 0 amide bonds. The fraction of sp³-hybridized carbons (Fsp3) is 0.190. The number of carbonyl (C=O) groups excluding carboxylic acids is 1. The first-order valence-corrected chi connectivity index (χ1v) is 9.24. The molecule has 8 heteroatoms. The molecule has 4 rings (SSSR count). The van der Waals surface area contributed by atoms with Gasteiger partial charge in [-0.25, -0.2) is 24.1 Å². The fourth-order valence-corrected chi connectivity index (χ4v) is 3.07. The number of rotatable bonds is 5. The summed E-state index contributed by atoms with van der Waals surface area (Å²) in [6.45, 7) is 4.05. The molecule has 146 valence electrons. The lowest BCUT2D eigenvalue weighted by atomic mass is 10.0. The summed E-state index contributed by atoms with van der Waals surface area (Å²) in [6, 6.07) is 9.54. The Bertz CT molecular complexity index is 1170. The Morgan fingerprint density at radius 2 is 1.86 bits per heavy atom. The molecule has 0 fully saturated rings. The van der Waals surface area contributed by atoms with Crippen LogP contribution < -0.4 is 0 Å². The molecule has 0 saturated carbocycles. The van der Waals surface area contributed by atoms with Gasteiger partial charge in [0.05, 0.1) is 35.6 Å². The Morgan fingerprint density at radius 1 is 1.14 bits per heavy atom. The van der Waals surface area contributed by atoms with E-state index in [1.807, 2.05) is 24.3 Å². The second kappa shape index (κ2) is 7.75. The summed E-state index contributed by atoms with van der Waals surface area (Å²) in [5.74, 6) is -0.871. The zero-order valence-corrected chi connectivity index (χ0v) is 15.9. The van der Waals surface area contributed by atoms with Crippen LogP contribution in [0.3, 0.4) is 0 Å². The highest BCUT2D eigenvalue weighted by molar-refractivity contribution is 6.08. The second-order valence-corrected chi connectivity index (χ2v) is 6.35. The van der Waals surface area contributed by atoms with E-state index in [2.05, 4.69) is 32.1 Å². The summed E-state index contributed by atoms with van der Waals surface area (Å²) < 4.78 is 18.4. The number of esters is 1. The normalized spacial score (nSPS) is 11.0. The molecular weight excluding hydrogens is 373 g/mol. The van der Waals surface area contributed by atoms with Gasteiger partial charge < -0.3 is 4.74 Å². The van der Waals surface area contributed by atoms with Crippen molar-refractivity contribution in [2.45, 2.75) is 20.3 Å². The molecule has 3 aromatic heterocycles. The quantitative estimate of drug-likeness (QED) is 0.518. The van der Waals surface area contributed by atoms with Crippen LogP contribution >= 0.6 is 0 Å². The Balaban J connectivity index is 1.91. The lowest BCUT2D eigenvalue weighted by molar-refractivity contribution is 0.0528. The molecule has 0 spiro atoms. The number of hydrogen-bond acceptors (Lipinski definition) is 6. The van der Waals surface area contributed by atoms with E-state index < -0.39 is 11.8 Å². The molecule has 7 nitrogen and oxygen atoms in total. The highest BCUT2D eigenvalue weighted by Gasteiger charge is 2.21. The van der Waals surface area contributed by atoms with Crippen LogP contribution in [0.1, 0.15) is 29.8 Å². The Hall–Kier alpha value is -3.68. The average Bonchev–Trinajstić information content (AvgIpc) is 3.18. The number of benzene rings is 1. The number of H-pyrrole nitrogens is 1. The number of pyridine rings is 1. The number of ether oxygens (including phenoxy) is 1. The molecule has 0 atom stereocenters. The first kappa shape index (κ1) is 18.7. The zero-order chi connectivity index (χ0) is 20.4. The minimum absolute atomic E-state index is 0.190. The number of hydrogen-bond donors (Lipinski definition) is 1. The lowest BCUT2D eigenvalue weighted by Crippen LogP contribution is -2.07. The third-order valence-electron chi connectivity index (χ3n) is 4.52. The van der Waals surface area contributed by atoms with Gasteiger partial charge in [-0.1, -0.05) is 31.2 Å². The van der Waals surface area contributed by atoms with Gasteiger partial charge in [0.1, 0.15) is 5.69 Å². The number of halogens is 1. The van der Waals surface area contributed by atoms with Gasteiger partial charge in [0.2, 0.25) is 0 Å². The number of aromatic nitrogens is 5. The van der Waals surface area contributed by atoms with Gasteiger partial charge in [-0.2, -0.15) is 5.10 Å². The van der Waals surface area contributed by atoms with Crippen molar-refractivity contribution in [3.05, 3.63) is 59.7 Å². The van der Waals surface area contributed by atoms with E-state index in [1.165, 1.54) is 5.56 Å². The fourth-order valence-electron chi connectivity index (χ4n) is 3.07. The molecule has 0 radical (unpaired) electrons. The van der Waals surface area contributed by atoms with Gasteiger partial charge in [-0.15, -0.1) is 0 Å². The number of fused-ring (bicyclic) bond motifs is 1. The van der Waals surface area contributed by atoms with Crippen molar-refractivity contribution in [3.63, 3.8) is 0 Å². The van der Waals surface area contributed by atoms with Crippen molar-refractivity contribution >= 4 is 17.0 Å². The highest BCUT2D eigenvalue weighted by atomic mass is 19.1. The Labute approximate surface area is 166 Å². The molecule has 0 aliphatic carbocycles. The topological polar surface area (TPSA) is 93.7 Å². The monoisotopic (exact) mass is 391 g/mol. The van der Waals surface area contributed by atoms with Crippen LogP contribution in [0.5, 0.6) is 0 Å². The van der Waals surface area contributed by atoms with Gasteiger partial charge in [0.25, 0.3) is 0 Å². The van der Waals surface area contributed by atoms with E-state index in [9.17, 15) is 9.18 Å². The molecule has 0 aliphatic heterocycles. The smallest absolute Gasteiger partial charge is 0.339 e. The second-order valence-electron chi connectivity index (χ2n) is 6.35. The number of aromatic amines is 1.